The molecule has 4 heteroatoms. The Morgan fingerprint density at radius 2 is 0.814 bits per heavy atom. The smallest absolute Gasteiger partial charge is 0.0550 e. The van der Waals surface area contributed by atoms with Crippen LogP contribution < -0.4 is 9.80 Å². The largest absolute Gasteiger partial charge is 0.345 e. The summed E-state index contributed by atoms with van der Waals surface area (Å²) >= 11 is 1.84. The van der Waals surface area contributed by atoms with Crippen molar-refractivity contribution < 1.29 is 0 Å². The van der Waals surface area contributed by atoms with E-state index in [1.165, 1.54) is 54.3 Å². The van der Waals surface area contributed by atoms with Crippen LogP contribution in [0.3, 0.4) is 0 Å². The van der Waals surface area contributed by atoms with Gasteiger partial charge in [-0.05, 0) is 60.7 Å². The molecule has 0 fully saturated rings. The molecule has 0 atom stereocenters. The molecule has 0 unspecified atom stereocenters. The zero-order chi connectivity index (χ0) is 29.6. The molecule has 0 spiro atoms. The van der Waals surface area contributed by atoms with Crippen LogP contribution >= 0.6 is 11.8 Å². The molecule has 3 nitrogen and oxygen atoms in total. The fraction of sp³-hybridized carbons (Fsp3) is 0.0769. The maximum absolute atomic E-state index is 2.25. The topological polar surface area (TPSA) is 11.4 Å². The molecule has 0 bridgehead atoms. The lowest BCUT2D eigenvalue weighted by Gasteiger charge is -2.29. The molecule has 0 radical (unpaired) electrons. The van der Waals surface area contributed by atoms with Gasteiger partial charge in [-0.1, -0.05) is 109 Å². The molecule has 7 aromatic rings. The molecule has 6 aromatic carbocycles. The van der Waals surface area contributed by atoms with E-state index >= 15 is 0 Å². The van der Waals surface area contributed by atoms with Crippen molar-refractivity contribution in [3.05, 3.63) is 158 Å². The third-order valence-corrected chi connectivity index (χ3v) is 8.91. The van der Waals surface area contributed by atoms with E-state index in [0.717, 1.165) is 0 Å². The van der Waals surface area contributed by atoms with Gasteiger partial charge < -0.3 is 14.4 Å². The average molecular weight is 578 g/mol. The first-order valence-electron chi connectivity index (χ1n) is 14.5. The third kappa shape index (κ3) is 6.01. The van der Waals surface area contributed by atoms with Gasteiger partial charge in [0.2, 0.25) is 0 Å². The van der Waals surface area contributed by atoms with Crippen LogP contribution in [0.5, 0.6) is 0 Å². The Morgan fingerprint density at radius 3 is 1.28 bits per heavy atom. The Morgan fingerprint density at radius 1 is 0.442 bits per heavy atom. The summed E-state index contributed by atoms with van der Waals surface area (Å²) in [6.45, 7) is 0. The van der Waals surface area contributed by atoms with Crippen molar-refractivity contribution in [3.63, 3.8) is 0 Å². The number of fused-ring (bicyclic) bond motifs is 5. The highest BCUT2D eigenvalue weighted by Crippen LogP contribution is 2.46. The highest BCUT2D eigenvalue weighted by Gasteiger charge is 2.19. The van der Waals surface area contributed by atoms with Crippen molar-refractivity contribution in [1.29, 1.82) is 0 Å². The Bertz CT molecular complexity index is 1810. The molecule has 0 amide bonds. The van der Waals surface area contributed by atoms with Gasteiger partial charge in [0.1, 0.15) is 0 Å². The maximum atomic E-state index is 2.25. The second-order valence-electron chi connectivity index (χ2n) is 10.4. The molecule has 1 aromatic heterocycles. The molecular weight excluding hydrogens is 543 g/mol. The molecule has 2 heterocycles. The molecule has 8 rings (SSSR count). The first-order valence-corrected chi connectivity index (χ1v) is 15.3. The highest BCUT2D eigenvalue weighted by molar-refractivity contribution is 7.99. The Labute approximate surface area is 258 Å². The zero-order valence-electron chi connectivity index (χ0n) is 24.8. The van der Waals surface area contributed by atoms with Gasteiger partial charge in [-0.25, -0.2) is 0 Å². The van der Waals surface area contributed by atoms with Gasteiger partial charge in [-0.3, -0.25) is 0 Å². The van der Waals surface area contributed by atoms with Gasteiger partial charge in [-0.2, -0.15) is 0 Å². The minimum absolute atomic E-state index is 1.21. The third-order valence-electron chi connectivity index (χ3n) is 7.78. The Balaban J connectivity index is 0.000000115. The highest BCUT2D eigenvalue weighted by atomic mass is 32.2. The normalized spacial score (nSPS) is 11.5. The first kappa shape index (κ1) is 28.2. The van der Waals surface area contributed by atoms with Gasteiger partial charge in [0.05, 0.1) is 11.4 Å². The second-order valence-corrected chi connectivity index (χ2v) is 11.5. The quantitative estimate of drug-likeness (QED) is 0.203. The molecule has 0 saturated heterocycles. The fourth-order valence-electron chi connectivity index (χ4n) is 5.46. The number of benzene rings is 6. The van der Waals surface area contributed by atoms with E-state index in [1.54, 1.807) is 0 Å². The van der Waals surface area contributed by atoms with Gasteiger partial charge >= 0.3 is 0 Å². The summed E-state index contributed by atoms with van der Waals surface area (Å²) in [5, 5.41) is 2.68. The van der Waals surface area contributed by atoms with Gasteiger partial charge in [0.25, 0.3) is 0 Å². The summed E-state index contributed by atoms with van der Waals surface area (Å²) in [6.07, 6.45) is 0. The molecular formula is C39H35N3S. The van der Waals surface area contributed by atoms with Crippen molar-refractivity contribution in [2.24, 2.45) is 7.05 Å². The Hall–Kier alpha value is -4.93. The number of aromatic nitrogens is 1. The van der Waals surface area contributed by atoms with E-state index in [-0.39, 0.29) is 0 Å². The predicted molar refractivity (Wildman–Crippen MR) is 186 cm³/mol. The SMILES string of the molecule is CN(c1ccccc1)c1ccccc1.CN1c2ccccc2Sc2ccccc21.Cn1c2ccccc2c2ccccc21. The number of hydrogen-bond acceptors (Lipinski definition) is 3. The van der Waals surface area contributed by atoms with Crippen molar-refractivity contribution in [1.82, 2.24) is 4.57 Å². The lowest BCUT2D eigenvalue weighted by Crippen LogP contribution is -2.14. The second kappa shape index (κ2) is 12.9. The summed E-state index contributed by atoms with van der Waals surface area (Å²) in [4.78, 5) is 7.08. The van der Waals surface area contributed by atoms with Gasteiger partial charge in [-0.15, -0.1) is 0 Å². The van der Waals surface area contributed by atoms with Crippen LogP contribution in [0.2, 0.25) is 0 Å². The standard InChI is InChI=1S/C13H11NS.C13H11N.C13H13N/c1-14-10-6-2-4-8-12(10)15-13-9-5-3-7-11(13)14;1-14-12-8-4-2-6-10(12)11-7-3-5-9-13(11)14;1-14(12-8-4-2-5-9-12)13-10-6-3-7-11-13/h2-9H,1H3;2-9H,1H3;2-11H,1H3. The minimum Gasteiger partial charge on any atom is -0.345 e. The summed E-state index contributed by atoms with van der Waals surface area (Å²) in [6, 6.07) is 54.7. The van der Waals surface area contributed by atoms with E-state index in [4.69, 9.17) is 0 Å². The molecule has 43 heavy (non-hydrogen) atoms. The number of nitrogens with zero attached hydrogens (tertiary/aromatic N) is 3. The van der Waals surface area contributed by atoms with Crippen molar-refractivity contribution in [3.8, 4) is 0 Å². The minimum atomic E-state index is 1.21. The van der Waals surface area contributed by atoms with Crippen LogP contribution in [0.25, 0.3) is 21.8 Å². The summed E-state index contributed by atoms with van der Waals surface area (Å²) < 4.78 is 2.24. The van der Waals surface area contributed by atoms with E-state index in [9.17, 15) is 0 Å². The van der Waals surface area contributed by atoms with Crippen molar-refractivity contribution in [2.75, 3.05) is 23.9 Å². The van der Waals surface area contributed by atoms with Crippen LogP contribution in [0, 0.1) is 0 Å². The molecule has 1 aliphatic heterocycles. The summed E-state index contributed by atoms with van der Waals surface area (Å²) in [5.41, 5.74) is 7.60. The molecule has 0 N–H and O–H groups in total. The van der Waals surface area contributed by atoms with Crippen LogP contribution in [-0.4, -0.2) is 18.7 Å². The monoisotopic (exact) mass is 577 g/mol. The van der Waals surface area contributed by atoms with Crippen LogP contribution in [-0.2, 0) is 7.05 Å². The number of aryl methyl sites for hydroxylation is 1. The van der Waals surface area contributed by atoms with Crippen molar-refractivity contribution >= 4 is 56.3 Å². The molecule has 0 saturated carbocycles. The first-order chi connectivity index (χ1) is 21.1. The summed E-state index contributed by atoms with van der Waals surface area (Å²) in [7, 11) is 6.31. The van der Waals surface area contributed by atoms with Crippen LogP contribution in [0.4, 0.5) is 22.7 Å². The zero-order valence-corrected chi connectivity index (χ0v) is 25.6. The van der Waals surface area contributed by atoms with E-state index in [0.29, 0.717) is 0 Å². The van der Waals surface area contributed by atoms with E-state index in [2.05, 4.69) is 181 Å². The number of hydrogen-bond donors (Lipinski definition) is 0. The predicted octanol–water partition coefficient (Wildman–Crippen LogP) is 10.7. The van der Waals surface area contributed by atoms with Crippen LogP contribution in [0.1, 0.15) is 0 Å². The molecule has 212 valence electrons. The lowest BCUT2D eigenvalue weighted by molar-refractivity contribution is 1.01. The summed E-state index contributed by atoms with van der Waals surface area (Å²) in [5.74, 6) is 0. The average Bonchev–Trinajstić information content (AvgIpc) is 3.38. The van der Waals surface area contributed by atoms with Crippen molar-refractivity contribution in [2.45, 2.75) is 9.79 Å². The molecule has 0 aliphatic carbocycles. The molecule has 1 aliphatic rings. The number of para-hydroxylation sites is 6. The van der Waals surface area contributed by atoms with Gasteiger partial charge in [0.15, 0.2) is 0 Å². The number of anilines is 4. The van der Waals surface area contributed by atoms with E-state index in [1.807, 2.05) is 23.9 Å². The number of rotatable bonds is 2. The van der Waals surface area contributed by atoms with Crippen LogP contribution in [0.15, 0.2) is 168 Å². The maximum Gasteiger partial charge on any atom is 0.0550 e. The Kier molecular flexibility index (Phi) is 8.48. The van der Waals surface area contributed by atoms with Gasteiger partial charge in [0, 0.05) is 64.1 Å². The fourth-order valence-corrected chi connectivity index (χ4v) is 6.61. The lowest BCUT2D eigenvalue weighted by atomic mass is 10.2. The van der Waals surface area contributed by atoms with E-state index < -0.39 is 0 Å².